The van der Waals surface area contributed by atoms with Gasteiger partial charge in [-0.15, -0.1) is 0 Å². The SMILES string of the molecule is COc1ccc2ncc(-c3cccc(CN4CCCCC4)c3)cc2c1. The summed E-state index contributed by atoms with van der Waals surface area (Å²) in [5.41, 5.74) is 4.76. The van der Waals surface area contributed by atoms with E-state index in [4.69, 9.17) is 4.74 Å². The average molecular weight is 332 g/mol. The Hall–Kier alpha value is -2.39. The maximum Gasteiger partial charge on any atom is 0.119 e. The molecule has 2 heterocycles. The van der Waals surface area contributed by atoms with Gasteiger partial charge >= 0.3 is 0 Å². The van der Waals surface area contributed by atoms with E-state index in [0.29, 0.717) is 0 Å². The number of hydrogen-bond donors (Lipinski definition) is 0. The van der Waals surface area contributed by atoms with Gasteiger partial charge in [-0.3, -0.25) is 9.88 Å². The standard InChI is InChI=1S/C22H24N2O/c1-25-21-8-9-22-19(14-21)13-20(15-23-22)18-7-5-6-17(12-18)16-24-10-3-2-4-11-24/h5-9,12-15H,2-4,10-11,16H2,1H3. The predicted molar refractivity (Wildman–Crippen MR) is 103 cm³/mol. The zero-order chi connectivity index (χ0) is 17.1. The number of nitrogens with zero attached hydrogens (tertiary/aromatic N) is 2. The minimum atomic E-state index is 0.866. The Kier molecular flexibility index (Phi) is 4.66. The van der Waals surface area contributed by atoms with Crippen LogP contribution in [0.2, 0.25) is 0 Å². The zero-order valence-corrected chi connectivity index (χ0v) is 14.7. The summed E-state index contributed by atoms with van der Waals surface area (Å²) in [5, 5.41) is 1.11. The lowest BCUT2D eigenvalue weighted by Crippen LogP contribution is -2.29. The number of ether oxygens (including phenoxy) is 1. The summed E-state index contributed by atoms with van der Waals surface area (Å²) in [7, 11) is 1.70. The second-order valence-electron chi connectivity index (χ2n) is 6.82. The first kappa shape index (κ1) is 16.1. The van der Waals surface area contributed by atoms with Gasteiger partial charge in [-0.2, -0.15) is 0 Å². The lowest BCUT2D eigenvalue weighted by molar-refractivity contribution is 0.221. The number of fused-ring (bicyclic) bond motifs is 1. The topological polar surface area (TPSA) is 25.4 Å². The number of aromatic nitrogens is 1. The van der Waals surface area contributed by atoms with Gasteiger partial charge in [-0.1, -0.05) is 24.6 Å². The van der Waals surface area contributed by atoms with Gasteiger partial charge in [0.1, 0.15) is 5.75 Å². The Morgan fingerprint density at radius 2 is 1.84 bits per heavy atom. The third kappa shape index (κ3) is 3.67. The van der Waals surface area contributed by atoms with Crippen molar-refractivity contribution in [3.05, 3.63) is 60.3 Å². The highest BCUT2D eigenvalue weighted by Gasteiger charge is 2.11. The Morgan fingerprint density at radius 3 is 2.68 bits per heavy atom. The van der Waals surface area contributed by atoms with Gasteiger partial charge in [0.15, 0.2) is 0 Å². The van der Waals surface area contributed by atoms with Crippen molar-refractivity contribution in [1.82, 2.24) is 9.88 Å². The molecular formula is C22H24N2O. The predicted octanol–water partition coefficient (Wildman–Crippen LogP) is 4.90. The molecule has 25 heavy (non-hydrogen) atoms. The average Bonchev–Trinajstić information content (AvgIpc) is 2.68. The summed E-state index contributed by atoms with van der Waals surface area (Å²) in [4.78, 5) is 7.17. The molecule has 1 aliphatic heterocycles. The highest BCUT2D eigenvalue weighted by Crippen LogP contribution is 2.26. The molecule has 3 heteroatoms. The quantitative estimate of drug-likeness (QED) is 0.680. The maximum absolute atomic E-state index is 5.34. The molecule has 4 rings (SSSR count). The van der Waals surface area contributed by atoms with Crippen LogP contribution in [0.5, 0.6) is 5.75 Å². The number of hydrogen-bond acceptors (Lipinski definition) is 3. The highest BCUT2D eigenvalue weighted by molar-refractivity contribution is 5.84. The molecule has 1 aromatic heterocycles. The monoisotopic (exact) mass is 332 g/mol. The fraction of sp³-hybridized carbons (Fsp3) is 0.318. The summed E-state index contributed by atoms with van der Waals surface area (Å²) >= 11 is 0. The van der Waals surface area contributed by atoms with Crippen LogP contribution < -0.4 is 4.74 Å². The van der Waals surface area contributed by atoms with Gasteiger partial charge in [-0.25, -0.2) is 0 Å². The molecule has 0 aliphatic carbocycles. The second-order valence-corrected chi connectivity index (χ2v) is 6.82. The molecule has 0 atom stereocenters. The molecule has 0 saturated carbocycles. The summed E-state index contributed by atoms with van der Waals surface area (Å²) in [5.74, 6) is 0.866. The van der Waals surface area contributed by atoms with Crippen molar-refractivity contribution in [2.45, 2.75) is 25.8 Å². The van der Waals surface area contributed by atoms with Crippen LogP contribution in [0.15, 0.2) is 54.7 Å². The van der Waals surface area contributed by atoms with Crippen LogP contribution in [-0.2, 0) is 6.54 Å². The molecule has 0 N–H and O–H groups in total. The lowest BCUT2D eigenvalue weighted by Gasteiger charge is -2.26. The molecule has 2 aromatic carbocycles. The van der Waals surface area contributed by atoms with Crippen molar-refractivity contribution in [3.63, 3.8) is 0 Å². The first-order chi connectivity index (χ1) is 12.3. The molecule has 3 aromatic rings. The Labute approximate surface area is 149 Å². The molecule has 1 fully saturated rings. The van der Waals surface area contributed by atoms with Crippen molar-refractivity contribution in [3.8, 4) is 16.9 Å². The Morgan fingerprint density at radius 1 is 0.960 bits per heavy atom. The van der Waals surface area contributed by atoms with Crippen LogP contribution in [-0.4, -0.2) is 30.1 Å². The Bertz CT molecular complexity index is 869. The van der Waals surface area contributed by atoms with E-state index in [1.165, 1.54) is 43.5 Å². The van der Waals surface area contributed by atoms with E-state index in [9.17, 15) is 0 Å². The lowest BCUT2D eigenvalue weighted by atomic mass is 10.0. The van der Waals surface area contributed by atoms with Crippen LogP contribution in [0, 0.1) is 0 Å². The molecule has 0 spiro atoms. The van der Waals surface area contributed by atoms with Crippen LogP contribution in [0.4, 0.5) is 0 Å². The van der Waals surface area contributed by atoms with Crippen LogP contribution in [0.25, 0.3) is 22.0 Å². The normalized spacial score (nSPS) is 15.4. The maximum atomic E-state index is 5.34. The molecular weight excluding hydrogens is 308 g/mol. The van der Waals surface area contributed by atoms with Crippen molar-refractivity contribution in [2.75, 3.05) is 20.2 Å². The summed E-state index contributed by atoms with van der Waals surface area (Å²) < 4.78 is 5.34. The third-order valence-electron chi connectivity index (χ3n) is 5.00. The first-order valence-corrected chi connectivity index (χ1v) is 9.07. The highest BCUT2D eigenvalue weighted by atomic mass is 16.5. The van der Waals surface area contributed by atoms with Gasteiger partial charge in [0.05, 0.1) is 12.6 Å². The van der Waals surface area contributed by atoms with Crippen molar-refractivity contribution < 1.29 is 4.74 Å². The van der Waals surface area contributed by atoms with Crippen LogP contribution >= 0.6 is 0 Å². The van der Waals surface area contributed by atoms with E-state index in [0.717, 1.165) is 28.8 Å². The smallest absolute Gasteiger partial charge is 0.119 e. The molecule has 0 unspecified atom stereocenters. The van der Waals surface area contributed by atoms with E-state index in [1.54, 1.807) is 7.11 Å². The number of rotatable bonds is 4. The van der Waals surface area contributed by atoms with Gasteiger partial charge in [-0.05, 0) is 67.4 Å². The van der Waals surface area contributed by atoms with Crippen molar-refractivity contribution >= 4 is 10.9 Å². The summed E-state index contributed by atoms with van der Waals surface area (Å²) in [6.07, 6.45) is 6.00. The van der Waals surface area contributed by atoms with Crippen LogP contribution in [0.1, 0.15) is 24.8 Å². The fourth-order valence-electron chi connectivity index (χ4n) is 3.62. The molecule has 128 valence electrons. The molecule has 0 radical (unpaired) electrons. The molecule has 1 saturated heterocycles. The van der Waals surface area contributed by atoms with Crippen molar-refractivity contribution in [2.24, 2.45) is 0 Å². The largest absolute Gasteiger partial charge is 0.497 e. The minimum absolute atomic E-state index is 0.866. The number of benzene rings is 2. The second kappa shape index (κ2) is 7.24. The summed E-state index contributed by atoms with van der Waals surface area (Å²) in [6, 6.07) is 17.1. The van der Waals surface area contributed by atoms with Gasteiger partial charge in [0, 0.05) is 23.7 Å². The molecule has 0 bridgehead atoms. The zero-order valence-electron chi connectivity index (χ0n) is 14.7. The number of methoxy groups -OCH3 is 1. The van der Waals surface area contributed by atoms with Gasteiger partial charge < -0.3 is 4.74 Å². The van der Waals surface area contributed by atoms with Crippen LogP contribution in [0.3, 0.4) is 0 Å². The molecule has 3 nitrogen and oxygen atoms in total. The van der Waals surface area contributed by atoms with E-state index in [-0.39, 0.29) is 0 Å². The molecule has 1 aliphatic rings. The number of likely N-dealkylation sites (tertiary alicyclic amines) is 1. The molecule has 0 amide bonds. The fourth-order valence-corrected chi connectivity index (χ4v) is 3.62. The van der Waals surface area contributed by atoms with E-state index in [2.05, 4.69) is 40.2 Å². The van der Waals surface area contributed by atoms with Crippen molar-refractivity contribution in [1.29, 1.82) is 0 Å². The number of pyridine rings is 1. The Balaban J connectivity index is 1.62. The van der Waals surface area contributed by atoms with Gasteiger partial charge in [0.25, 0.3) is 0 Å². The number of piperidine rings is 1. The first-order valence-electron chi connectivity index (χ1n) is 9.07. The van der Waals surface area contributed by atoms with E-state index < -0.39 is 0 Å². The van der Waals surface area contributed by atoms with E-state index in [1.807, 2.05) is 24.4 Å². The summed E-state index contributed by atoms with van der Waals surface area (Å²) in [6.45, 7) is 3.49. The van der Waals surface area contributed by atoms with Gasteiger partial charge in [0.2, 0.25) is 0 Å². The third-order valence-corrected chi connectivity index (χ3v) is 5.00. The van der Waals surface area contributed by atoms with E-state index >= 15 is 0 Å². The minimum Gasteiger partial charge on any atom is -0.497 e.